The predicted octanol–water partition coefficient (Wildman–Crippen LogP) is 3.06. The van der Waals surface area contributed by atoms with Crippen molar-refractivity contribution in [1.82, 2.24) is 24.5 Å². The lowest BCUT2D eigenvalue weighted by Crippen LogP contribution is -2.51. The van der Waals surface area contributed by atoms with Crippen molar-refractivity contribution in [2.45, 2.75) is 12.5 Å². The molecule has 5 rings (SSSR count). The van der Waals surface area contributed by atoms with Crippen LogP contribution in [0.25, 0.3) is 22.2 Å². The zero-order valence-corrected chi connectivity index (χ0v) is 15.7. The normalized spacial score (nSPS) is 14.4. The molecule has 0 bridgehead atoms. The predicted molar refractivity (Wildman–Crippen MR) is 108 cm³/mol. The van der Waals surface area contributed by atoms with Crippen LogP contribution < -0.4 is 0 Å². The van der Waals surface area contributed by atoms with E-state index in [-0.39, 0.29) is 11.9 Å². The molecule has 0 spiro atoms. The van der Waals surface area contributed by atoms with Crippen LogP contribution in [0.4, 0.5) is 0 Å². The van der Waals surface area contributed by atoms with Gasteiger partial charge in [-0.1, -0.05) is 53.7 Å². The van der Waals surface area contributed by atoms with Gasteiger partial charge in [-0.3, -0.25) is 4.79 Å². The molecule has 0 N–H and O–H groups in total. The second kappa shape index (κ2) is 6.64. The Hall–Kier alpha value is -3.41. The van der Waals surface area contributed by atoms with Gasteiger partial charge in [0.2, 0.25) is 5.91 Å². The van der Waals surface area contributed by atoms with E-state index in [1.165, 1.54) is 0 Å². The maximum atomic E-state index is 12.7. The molecule has 0 unspecified atom stereocenters. The average Bonchev–Trinajstić information content (AvgIpc) is 3.28. The summed E-state index contributed by atoms with van der Waals surface area (Å²) in [5.74, 6) is 0.163. The first kappa shape index (κ1) is 16.7. The van der Waals surface area contributed by atoms with Crippen LogP contribution in [0.5, 0.6) is 0 Å². The van der Waals surface area contributed by atoms with Crippen LogP contribution in [-0.4, -0.2) is 43.5 Å². The lowest BCUT2D eigenvalue weighted by Gasteiger charge is -2.38. The number of amides is 1. The van der Waals surface area contributed by atoms with Crippen LogP contribution in [-0.2, 0) is 18.3 Å². The van der Waals surface area contributed by atoms with Gasteiger partial charge in [-0.25, -0.2) is 4.68 Å². The van der Waals surface area contributed by atoms with Gasteiger partial charge >= 0.3 is 0 Å². The third-order valence-electron chi connectivity index (χ3n) is 5.49. The first-order valence-electron chi connectivity index (χ1n) is 9.47. The van der Waals surface area contributed by atoms with Gasteiger partial charge < -0.3 is 9.47 Å². The molecule has 0 radical (unpaired) electrons. The summed E-state index contributed by atoms with van der Waals surface area (Å²) in [7, 11) is 2.02. The van der Waals surface area contributed by atoms with E-state index in [1.54, 1.807) is 0 Å². The summed E-state index contributed by atoms with van der Waals surface area (Å²) >= 11 is 0. The van der Waals surface area contributed by atoms with Crippen molar-refractivity contribution in [3.8, 4) is 11.3 Å². The van der Waals surface area contributed by atoms with E-state index in [1.807, 2.05) is 65.3 Å². The molecule has 1 saturated heterocycles. The molecule has 1 fully saturated rings. The molecule has 28 heavy (non-hydrogen) atoms. The summed E-state index contributed by atoms with van der Waals surface area (Å²) in [6.45, 7) is 1.36. The third kappa shape index (κ3) is 2.87. The van der Waals surface area contributed by atoms with Crippen molar-refractivity contribution in [1.29, 1.82) is 0 Å². The standard InChI is InChI=1S/C22H21N5O/c1-25-12-17(19-9-5-6-10-21(19)25)11-22(28)26-13-18(14-26)27-15-20(23-24-27)16-7-3-2-4-8-16/h2-10,12,15,18H,11,13-14H2,1H3. The third-order valence-corrected chi connectivity index (χ3v) is 5.49. The first-order chi connectivity index (χ1) is 13.7. The number of fused-ring (bicyclic) bond motifs is 1. The van der Waals surface area contributed by atoms with Crippen molar-refractivity contribution in [3.05, 3.63) is 72.6 Å². The Morgan fingerprint density at radius 1 is 1.04 bits per heavy atom. The Morgan fingerprint density at radius 2 is 1.79 bits per heavy atom. The van der Waals surface area contributed by atoms with E-state index < -0.39 is 0 Å². The topological polar surface area (TPSA) is 56.0 Å². The van der Waals surface area contributed by atoms with Crippen LogP contribution in [0, 0.1) is 0 Å². The van der Waals surface area contributed by atoms with Gasteiger partial charge in [-0.2, -0.15) is 0 Å². The van der Waals surface area contributed by atoms with E-state index in [4.69, 9.17) is 0 Å². The summed E-state index contributed by atoms with van der Waals surface area (Å²) in [6, 6.07) is 18.4. The largest absolute Gasteiger partial charge is 0.350 e. The van der Waals surface area contributed by atoms with Crippen LogP contribution in [0.2, 0.25) is 0 Å². The fraction of sp³-hybridized carbons (Fsp3) is 0.227. The van der Waals surface area contributed by atoms with Gasteiger partial charge in [0.25, 0.3) is 0 Å². The summed E-state index contributed by atoms with van der Waals surface area (Å²) in [4.78, 5) is 14.6. The van der Waals surface area contributed by atoms with Crippen molar-refractivity contribution in [2.75, 3.05) is 13.1 Å². The Labute approximate surface area is 163 Å². The van der Waals surface area contributed by atoms with E-state index in [0.717, 1.165) is 27.7 Å². The number of rotatable bonds is 4. The van der Waals surface area contributed by atoms with Crippen LogP contribution >= 0.6 is 0 Å². The summed E-state index contributed by atoms with van der Waals surface area (Å²) in [5, 5.41) is 9.68. The smallest absolute Gasteiger partial charge is 0.227 e. The lowest BCUT2D eigenvalue weighted by atomic mass is 10.1. The first-order valence-corrected chi connectivity index (χ1v) is 9.47. The quantitative estimate of drug-likeness (QED) is 0.554. The number of aryl methyl sites for hydroxylation is 1. The summed E-state index contributed by atoms with van der Waals surface area (Å²) < 4.78 is 3.96. The van der Waals surface area contributed by atoms with Gasteiger partial charge in [-0.05, 0) is 11.6 Å². The maximum absolute atomic E-state index is 12.7. The van der Waals surface area contributed by atoms with Gasteiger partial charge in [0.15, 0.2) is 0 Å². The molecular weight excluding hydrogens is 350 g/mol. The Morgan fingerprint density at radius 3 is 2.61 bits per heavy atom. The molecular formula is C22H21N5O. The number of hydrogen-bond donors (Lipinski definition) is 0. The second-order valence-electron chi connectivity index (χ2n) is 7.36. The number of hydrogen-bond acceptors (Lipinski definition) is 3. The molecule has 0 atom stereocenters. The molecule has 1 aliphatic rings. The van der Waals surface area contributed by atoms with Gasteiger partial charge in [0, 0.05) is 42.8 Å². The molecule has 0 saturated carbocycles. The van der Waals surface area contributed by atoms with Crippen LogP contribution in [0.1, 0.15) is 11.6 Å². The van der Waals surface area contributed by atoms with E-state index in [0.29, 0.717) is 19.5 Å². The van der Waals surface area contributed by atoms with Gasteiger partial charge in [-0.15, -0.1) is 5.10 Å². The van der Waals surface area contributed by atoms with Crippen LogP contribution in [0.3, 0.4) is 0 Å². The number of nitrogens with zero attached hydrogens (tertiary/aromatic N) is 5. The molecule has 2 aromatic carbocycles. The lowest BCUT2D eigenvalue weighted by molar-refractivity contribution is -0.136. The number of benzene rings is 2. The number of carbonyl (C=O) groups excluding carboxylic acids is 1. The van der Waals surface area contributed by atoms with E-state index >= 15 is 0 Å². The minimum atomic E-state index is 0.163. The molecule has 140 valence electrons. The molecule has 1 amide bonds. The average molecular weight is 371 g/mol. The molecule has 0 aliphatic carbocycles. The Balaban J connectivity index is 1.24. The fourth-order valence-electron chi connectivity index (χ4n) is 3.86. The number of aromatic nitrogens is 4. The maximum Gasteiger partial charge on any atom is 0.227 e. The fourth-order valence-corrected chi connectivity index (χ4v) is 3.86. The summed E-state index contributed by atoms with van der Waals surface area (Å²) in [5.41, 5.74) is 4.15. The van der Waals surface area contributed by atoms with Gasteiger partial charge in [0.1, 0.15) is 5.69 Å². The van der Waals surface area contributed by atoms with Crippen LogP contribution in [0.15, 0.2) is 67.0 Å². The zero-order chi connectivity index (χ0) is 19.1. The van der Waals surface area contributed by atoms with E-state index in [2.05, 4.69) is 33.2 Å². The monoisotopic (exact) mass is 371 g/mol. The highest BCUT2D eigenvalue weighted by Crippen LogP contribution is 2.26. The number of carbonyl (C=O) groups is 1. The van der Waals surface area contributed by atoms with Crippen molar-refractivity contribution in [3.63, 3.8) is 0 Å². The Bertz CT molecular complexity index is 1140. The molecule has 6 heteroatoms. The number of likely N-dealkylation sites (tertiary alicyclic amines) is 1. The van der Waals surface area contributed by atoms with E-state index in [9.17, 15) is 4.79 Å². The highest BCUT2D eigenvalue weighted by Gasteiger charge is 2.33. The minimum Gasteiger partial charge on any atom is -0.350 e. The van der Waals surface area contributed by atoms with Crippen molar-refractivity contribution in [2.24, 2.45) is 7.05 Å². The highest BCUT2D eigenvalue weighted by molar-refractivity contribution is 5.89. The molecule has 3 heterocycles. The zero-order valence-electron chi connectivity index (χ0n) is 15.7. The van der Waals surface area contributed by atoms with Crippen molar-refractivity contribution >= 4 is 16.8 Å². The molecule has 2 aromatic heterocycles. The Kier molecular flexibility index (Phi) is 3.97. The summed E-state index contributed by atoms with van der Waals surface area (Å²) in [6.07, 6.45) is 4.45. The minimum absolute atomic E-state index is 0.163. The second-order valence-corrected chi connectivity index (χ2v) is 7.36. The van der Waals surface area contributed by atoms with Gasteiger partial charge in [0.05, 0.1) is 18.7 Å². The molecule has 6 nitrogen and oxygen atoms in total. The SMILES string of the molecule is Cn1cc(CC(=O)N2CC(n3cc(-c4ccccc4)nn3)C2)c2ccccc21. The molecule has 1 aliphatic heterocycles. The number of para-hydroxylation sites is 1. The highest BCUT2D eigenvalue weighted by atomic mass is 16.2. The van der Waals surface area contributed by atoms with Crippen molar-refractivity contribution < 1.29 is 4.79 Å². The molecule has 4 aromatic rings.